The van der Waals surface area contributed by atoms with Crippen molar-refractivity contribution in [3.63, 3.8) is 0 Å². The second kappa shape index (κ2) is 9.74. The van der Waals surface area contributed by atoms with E-state index >= 15 is 0 Å². The molecular weight excluding hydrogens is 266 g/mol. The van der Waals surface area contributed by atoms with E-state index in [4.69, 9.17) is 0 Å². The summed E-state index contributed by atoms with van der Waals surface area (Å²) in [4.78, 5) is 20.4. The van der Waals surface area contributed by atoms with Crippen LogP contribution in [0.3, 0.4) is 0 Å². The van der Waals surface area contributed by atoms with E-state index in [0.717, 1.165) is 31.2 Å². The van der Waals surface area contributed by atoms with Crippen molar-refractivity contribution in [3.8, 4) is 0 Å². The predicted molar refractivity (Wildman–Crippen MR) is 86.5 cm³/mol. The molecule has 0 aromatic carbocycles. The average molecular weight is 291 g/mol. The Balaban J connectivity index is 2.35. The number of amides is 1. The van der Waals surface area contributed by atoms with Gasteiger partial charge >= 0.3 is 0 Å². The summed E-state index contributed by atoms with van der Waals surface area (Å²) in [6, 6.07) is 5.55. The summed E-state index contributed by atoms with van der Waals surface area (Å²) in [5, 5.41) is 9.07. The smallest absolute Gasteiger partial charge is 0.227 e. The largest absolute Gasteiger partial charge is 0.357 e. The first-order valence-electron chi connectivity index (χ1n) is 7.41. The molecule has 0 spiro atoms. The van der Waals surface area contributed by atoms with Gasteiger partial charge in [0, 0.05) is 31.7 Å². The Morgan fingerprint density at radius 1 is 1.29 bits per heavy atom. The maximum Gasteiger partial charge on any atom is 0.227 e. The van der Waals surface area contributed by atoms with Crippen LogP contribution in [0.5, 0.6) is 0 Å². The summed E-state index contributed by atoms with van der Waals surface area (Å²) < 4.78 is 0. The zero-order valence-corrected chi connectivity index (χ0v) is 13.1. The average Bonchev–Trinajstić information content (AvgIpc) is 2.44. The number of nitrogens with zero attached hydrogens (tertiary/aromatic N) is 2. The van der Waals surface area contributed by atoms with Gasteiger partial charge in [-0.15, -0.1) is 0 Å². The van der Waals surface area contributed by atoms with Gasteiger partial charge in [0.15, 0.2) is 5.96 Å². The fourth-order valence-corrected chi connectivity index (χ4v) is 1.68. The summed E-state index contributed by atoms with van der Waals surface area (Å²) >= 11 is 0. The lowest BCUT2D eigenvalue weighted by Crippen LogP contribution is -2.38. The molecule has 0 aliphatic heterocycles. The van der Waals surface area contributed by atoms with Crippen LogP contribution >= 0.6 is 0 Å². The Hall–Kier alpha value is -2.11. The lowest BCUT2D eigenvalue weighted by atomic mass is 10.3. The number of aliphatic imine (C=N–C) groups is 1. The highest BCUT2D eigenvalue weighted by Crippen LogP contribution is 2.03. The maximum atomic E-state index is 11.8. The van der Waals surface area contributed by atoms with Crippen molar-refractivity contribution in [2.24, 2.45) is 4.99 Å². The second-order valence-electron chi connectivity index (χ2n) is 4.65. The number of guanidine groups is 1. The molecule has 0 fully saturated rings. The van der Waals surface area contributed by atoms with E-state index in [1.807, 2.05) is 26.0 Å². The van der Waals surface area contributed by atoms with E-state index in [-0.39, 0.29) is 5.91 Å². The molecule has 0 atom stereocenters. The first-order valence-corrected chi connectivity index (χ1v) is 7.41. The van der Waals surface area contributed by atoms with E-state index in [0.29, 0.717) is 18.8 Å². The molecule has 1 heterocycles. The van der Waals surface area contributed by atoms with Crippen LogP contribution in [0.1, 0.15) is 32.4 Å². The van der Waals surface area contributed by atoms with Crippen molar-refractivity contribution >= 4 is 17.7 Å². The van der Waals surface area contributed by atoms with Crippen molar-refractivity contribution in [1.82, 2.24) is 15.6 Å². The van der Waals surface area contributed by atoms with Gasteiger partial charge in [0.2, 0.25) is 5.91 Å². The Kier molecular flexibility index (Phi) is 7.86. The number of carbonyl (C=O) groups excluding carboxylic acids is 1. The summed E-state index contributed by atoms with van der Waals surface area (Å²) in [5.41, 5.74) is 0.882. The van der Waals surface area contributed by atoms with Crippen molar-refractivity contribution in [1.29, 1.82) is 0 Å². The molecule has 3 N–H and O–H groups in total. The van der Waals surface area contributed by atoms with Crippen LogP contribution in [-0.4, -0.2) is 36.5 Å². The van der Waals surface area contributed by atoms with Gasteiger partial charge in [0.25, 0.3) is 0 Å². The number of aromatic nitrogens is 1. The van der Waals surface area contributed by atoms with Crippen LogP contribution in [0.15, 0.2) is 23.2 Å². The second-order valence-corrected chi connectivity index (χ2v) is 4.65. The van der Waals surface area contributed by atoms with Crippen LogP contribution in [0.25, 0.3) is 0 Å². The molecule has 1 aromatic heterocycles. The topological polar surface area (TPSA) is 78.4 Å². The SMILES string of the molecule is CCCN=C(NCC)NCCC(=O)Nc1cccc(C)n1. The zero-order valence-electron chi connectivity index (χ0n) is 13.1. The predicted octanol–water partition coefficient (Wildman–Crippen LogP) is 1.68. The fraction of sp³-hybridized carbons (Fsp3) is 0.533. The van der Waals surface area contributed by atoms with Crippen molar-refractivity contribution in [2.75, 3.05) is 25.0 Å². The van der Waals surface area contributed by atoms with Crippen molar-refractivity contribution in [2.45, 2.75) is 33.6 Å². The van der Waals surface area contributed by atoms with Crippen molar-refractivity contribution < 1.29 is 4.79 Å². The summed E-state index contributed by atoms with van der Waals surface area (Å²) in [6.45, 7) is 8.09. The molecule has 0 aliphatic carbocycles. The highest BCUT2D eigenvalue weighted by molar-refractivity contribution is 5.90. The Morgan fingerprint density at radius 2 is 2.10 bits per heavy atom. The molecule has 0 saturated carbocycles. The van der Waals surface area contributed by atoms with Crippen LogP contribution in [0.4, 0.5) is 5.82 Å². The third kappa shape index (κ3) is 7.29. The number of rotatable bonds is 7. The van der Waals surface area contributed by atoms with E-state index in [1.54, 1.807) is 6.07 Å². The number of aryl methyl sites for hydroxylation is 1. The number of anilines is 1. The summed E-state index contributed by atoms with van der Waals surface area (Å²) in [5.74, 6) is 1.28. The molecule has 0 radical (unpaired) electrons. The van der Waals surface area contributed by atoms with E-state index < -0.39 is 0 Å². The molecule has 0 aliphatic rings. The third-order valence-electron chi connectivity index (χ3n) is 2.64. The van der Waals surface area contributed by atoms with E-state index in [1.165, 1.54) is 0 Å². The lowest BCUT2D eigenvalue weighted by Gasteiger charge is -2.11. The van der Waals surface area contributed by atoms with Crippen LogP contribution in [0, 0.1) is 6.92 Å². The number of carbonyl (C=O) groups is 1. The quantitative estimate of drug-likeness (QED) is 0.527. The third-order valence-corrected chi connectivity index (χ3v) is 2.64. The minimum absolute atomic E-state index is 0.0630. The van der Waals surface area contributed by atoms with Crippen molar-refractivity contribution in [3.05, 3.63) is 23.9 Å². The van der Waals surface area contributed by atoms with Gasteiger partial charge in [-0.3, -0.25) is 9.79 Å². The number of nitrogens with one attached hydrogen (secondary N) is 3. The lowest BCUT2D eigenvalue weighted by molar-refractivity contribution is -0.116. The molecule has 0 unspecified atom stereocenters. The van der Waals surface area contributed by atoms with Gasteiger partial charge in [-0.1, -0.05) is 13.0 Å². The Bertz CT molecular complexity index is 473. The highest BCUT2D eigenvalue weighted by Gasteiger charge is 2.04. The normalized spacial score (nSPS) is 11.1. The van der Waals surface area contributed by atoms with Gasteiger partial charge in [0.05, 0.1) is 0 Å². The maximum absolute atomic E-state index is 11.8. The molecule has 6 nitrogen and oxygen atoms in total. The van der Waals surface area contributed by atoms with E-state index in [9.17, 15) is 4.79 Å². The minimum Gasteiger partial charge on any atom is -0.357 e. The molecular formula is C15H25N5O. The fourth-order valence-electron chi connectivity index (χ4n) is 1.68. The monoisotopic (exact) mass is 291 g/mol. The minimum atomic E-state index is -0.0630. The summed E-state index contributed by atoms with van der Waals surface area (Å²) in [6.07, 6.45) is 1.36. The first kappa shape index (κ1) is 16.9. The number of hydrogen-bond acceptors (Lipinski definition) is 3. The van der Waals surface area contributed by atoms with Gasteiger partial charge in [0.1, 0.15) is 5.82 Å². The van der Waals surface area contributed by atoms with Crippen LogP contribution in [0.2, 0.25) is 0 Å². The first-order chi connectivity index (χ1) is 10.2. The van der Waals surface area contributed by atoms with Gasteiger partial charge in [-0.25, -0.2) is 4.98 Å². The van der Waals surface area contributed by atoms with Gasteiger partial charge < -0.3 is 16.0 Å². The molecule has 0 bridgehead atoms. The summed E-state index contributed by atoms with van der Waals surface area (Å²) in [7, 11) is 0. The zero-order chi connectivity index (χ0) is 15.5. The Labute approximate surface area is 126 Å². The highest BCUT2D eigenvalue weighted by atomic mass is 16.1. The Morgan fingerprint density at radius 3 is 2.76 bits per heavy atom. The molecule has 0 saturated heterocycles. The van der Waals surface area contributed by atoms with Crippen LogP contribution in [-0.2, 0) is 4.79 Å². The molecule has 1 amide bonds. The van der Waals surface area contributed by atoms with E-state index in [2.05, 4.69) is 32.9 Å². The molecule has 1 aromatic rings. The van der Waals surface area contributed by atoms with Crippen LogP contribution < -0.4 is 16.0 Å². The molecule has 1 rings (SSSR count). The van der Waals surface area contributed by atoms with Gasteiger partial charge in [-0.2, -0.15) is 0 Å². The molecule has 21 heavy (non-hydrogen) atoms. The standard InChI is InChI=1S/C15H25N5O/c1-4-10-17-15(16-5-2)18-11-9-14(21)20-13-8-6-7-12(3)19-13/h6-8H,4-5,9-11H2,1-3H3,(H2,16,17,18)(H,19,20,21). The molecule has 116 valence electrons. The number of hydrogen-bond donors (Lipinski definition) is 3. The van der Waals surface area contributed by atoms with Gasteiger partial charge in [-0.05, 0) is 32.4 Å². The molecule has 6 heteroatoms. The number of pyridine rings is 1.